The van der Waals surface area contributed by atoms with Crippen LogP contribution in [-0.4, -0.2) is 30.7 Å². The number of halogens is 4. The van der Waals surface area contributed by atoms with Crippen molar-refractivity contribution in [3.8, 4) is 5.75 Å². The lowest BCUT2D eigenvalue weighted by atomic mass is 9.84. The van der Waals surface area contributed by atoms with Crippen molar-refractivity contribution < 1.29 is 31.5 Å². The molecule has 0 heterocycles. The lowest BCUT2D eigenvalue weighted by molar-refractivity contribution is -0.0436. The molecular formula is C22H25ClF3NO4S2. The maximum absolute atomic E-state index is 13.1. The van der Waals surface area contributed by atoms with E-state index in [4.69, 9.17) is 11.6 Å². The number of anilines is 1. The molecule has 182 valence electrons. The number of nitrogens with one attached hydrogen (secondary N) is 1. The number of sulfone groups is 1. The molecule has 2 rings (SSSR count). The molecule has 0 aliphatic rings. The summed E-state index contributed by atoms with van der Waals surface area (Å²) in [7, 11) is -5.59. The molecule has 0 saturated carbocycles. The van der Waals surface area contributed by atoms with Crippen molar-refractivity contribution in [2.24, 2.45) is 0 Å². The van der Waals surface area contributed by atoms with Crippen LogP contribution >= 0.6 is 23.4 Å². The van der Waals surface area contributed by atoms with Gasteiger partial charge in [-0.25, -0.2) is 8.42 Å². The summed E-state index contributed by atoms with van der Waals surface area (Å²) in [5, 5.41) is 13.0. The highest BCUT2D eigenvalue weighted by Crippen LogP contribution is 2.41. The molecule has 0 aliphatic heterocycles. The summed E-state index contributed by atoms with van der Waals surface area (Å²) < 4.78 is 61.6. The van der Waals surface area contributed by atoms with E-state index in [9.17, 15) is 31.5 Å². The molecule has 0 aliphatic carbocycles. The van der Waals surface area contributed by atoms with Crippen molar-refractivity contribution in [2.75, 3.05) is 11.1 Å². The van der Waals surface area contributed by atoms with Crippen LogP contribution in [0.25, 0.3) is 0 Å². The van der Waals surface area contributed by atoms with Crippen molar-refractivity contribution in [1.82, 2.24) is 0 Å². The Morgan fingerprint density at radius 1 is 1.18 bits per heavy atom. The van der Waals surface area contributed by atoms with Gasteiger partial charge in [-0.1, -0.05) is 39.3 Å². The lowest BCUT2D eigenvalue weighted by Crippen LogP contribution is -2.23. The van der Waals surface area contributed by atoms with Gasteiger partial charge in [0, 0.05) is 10.5 Å². The first-order valence-electron chi connectivity index (χ1n) is 9.94. The van der Waals surface area contributed by atoms with Crippen molar-refractivity contribution in [1.29, 1.82) is 0 Å². The largest absolute Gasteiger partial charge is 0.507 e. The highest BCUT2D eigenvalue weighted by atomic mass is 35.5. The van der Waals surface area contributed by atoms with Crippen LogP contribution in [0.1, 0.15) is 55.6 Å². The average Bonchev–Trinajstić information content (AvgIpc) is 2.67. The number of aromatic hydroxyl groups is 1. The summed E-state index contributed by atoms with van der Waals surface area (Å²) in [6.07, 6.45) is 0.903. The number of benzene rings is 2. The lowest BCUT2D eigenvalue weighted by Gasteiger charge is -2.25. The summed E-state index contributed by atoms with van der Waals surface area (Å²) in [4.78, 5) is 12.9. The van der Waals surface area contributed by atoms with Crippen molar-refractivity contribution in [2.45, 2.75) is 61.8 Å². The summed E-state index contributed by atoms with van der Waals surface area (Å²) in [5.74, 6) is -0.120. The maximum Gasteiger partial charge on any atom is 0.501 e. The number of carbonyl (C=O) groups is 1. The quantitative estimate of drug-likeness (QED) is 0.412. The number of hydrogen-bond donors (Lipinski definition) is 2. The number of alkyl halides is 3. The fourth-order valence-electron chi connectivity index (χ4n) is 3.04. The third-order valence-corrected chi connectivity index (χ3v) is 7.96. The van der Waals surface area contributed by atoms with E-state index >= 15 is 0 Å². The molecule has 5 nitrogen and oxygen atoms in total. The number of rotatable bonds is 6. The number of amides is 1. The Labute approximate surface area is 200 Å². The van der Waals surface area contributed by atoms with E-state index in [1.807, 2.05) is 33.8 Å². The minimum Gasteiger partial charge on any atom is -0.507 e. The van der Waals surface area contributed by atoms with Gasteiger partial charge < -0.3 is 10.4 Å². The van der Waals surface area contributed by atoms with Crippen LogP contribution < -0.4 is 5.32 Å². The fraction of sp³-hybridized carbons (Fsp3) is 0.409. The molecule has 0 fully saturated rings. The number of hydrogen-bond acceptors (Lipinski definition) is 5. The van der Waals surface area contributed by atoms with Gasteiger partial charge in [-0.15, -0.1) is 11.8 Å². The van der Waals surface area contributed by atoms with Gasteiger partial charge in [-0.3, -0.25) is 4.79 Å². The molecule has 33 heavy (non-hydrogen) atoms. The first kappa shape index (κ1) is 27.3. The first-order valence-corrected chi connectivity index (χ1v) is 12.8. The van der Waals surface area contributed by atoms with Crippen molar-refractivity contribution >= 4 is 44.8 Å². The maximum atomic E-state index is 13.1. The van der Waals surface area contributed by atoms with Crippen LogP contribution in [0.15, 0.2) is 34.1 Å². The van der Waals surface area contributed by atoms with Crippen molar-refractivity contribution in [3.63, 3.8) is 0 Å². The van der Waals surface area contributed by atoms with Gasteiger partial charge in [0.15, 0.2) is 0 Å². The third-order valence-electron chi connectivity index (χ3n) is 4.81. The van der Waals surface area contributed by atoms with E-state index in [0.29, 0.717) is 23.3 Å². The highest BCUT2D eigenvalue weighted by Gasteiger charge is 2.47. The Hall–Kier alpha value is -1.91. The molecule has 2 N–H and O–H groups in total. The predicted molar refractivity (Wildman–Crippen MR) is 125 cm³/mol. The van der Waals surface area contributed by atoms with Gasteiger partial charge in [-0.2, -0.15) is 13.2 Å². The molecule has 1 amide bonds. The van der Waals surface area contributed by atoms with Gasteiger partial charge in [0.2, 0.25) is 0 Å². The fourth-order valence-corrected chi connectivity index (χ4v) is 5.06. The smallest absolute Gasteiger partial charge is 0.501 e. The molecule has 0 saturated heterocycles. The molecule has 2 aromatic rings. The van der Waals surface area contributed by atoms with E-state index in [-0.39, 0.29) is 17.0 Å². The second-order valence-corrected chi connectivity index (χ2v) is 11.9. The molecule has 0 radical (unpaired) electrons. The van der Waals surface area contributed by atoms with Crippen LogP contribution in [0, 0.1) is 6.92 Å². The Kier molecular flexibility index (Phi) is 8.08. The van der Waals surface area contributed by atoms with Crippen LogP contribution in [0.2, 0.25) is 5.02 Å². The molecular weight excluding hydrogens is 499 g/mol. The number of carbonyl (C=O) groups excluding carboxylic acids is 1. The van der Waals surface area contributed by atoms with E-state index in [1.54, 1.807) is 18.7 Å². The first-order chi connectivity index (χ1) is 15.0. The molecule has 0 unspecified atom stereocenters. The molecule has 2 aromatic carbocycles. The van der Waals surface area contributed by atoms with E-state index < -0.39 is 36.6 Å². The number of phenols is 1. The highest BCUT2D eigenvalue weighted by molar-refractivity contribution is 7.99. The topological polar surface area (TPSA) is 83.5 Å². The second-order valence-electron chi connectivity index (χ2n) is 8.41. The van der Waals surface area contributed by atoms with Gasteiger partial charge in [-0.05, 0) is 54.3 Å². The normalized spacial score (nSPS) is 12.6. The van der Waals surface area contributed by atoms with Crippen molar-refractivity contribution in [3.05, 3.63) is 46.0 Å². The van der Waals surface area contributed by atoms with E-state index in [2.05, 4.69) is 5.32 Å². The zero-order valence-corrected chi connectivity index (χ0v) is 21.1. The standard InChI is InChI=1S/C22H25ClF3NO4S2/c1-6-9-32-17-11-14(21(3,4)5)19(28)18(12(17)2)20(29)27-16-8-7-13(10-15(16)23)33(30,31)22(24,25)26/h7-8,10-11,28H,6,9H2,1-5H3,(H,27,29). The Morgan fingerprint density at radius 2 is 1.79 bits per heavy atom. The number of phenolic OH excluding ortho intramolecular Hbond substituents is 1. The molecule has 11 heteroatoms. The van der Waals surface area contributed by atoms with E-state index in [1.165, 1.54) is 0 Å². The molecule has 0 aromatic heterocycles. The second kappa shape index (κ2) is 9.76. The molecule has 0 spiro atoms. The summed E-state index contributed by atoms with van der Waals surface area (Å²) in [5.41, 5.74) is -4.92. The molecule has 0 atom stereocenters. The Bertz CT molecular complexity index is 1170. The van der Waals surface area contributed by atoms with Gasteiger partial charge in [0.25, 0.3) is 15.7 Å². The predicted octanol–water partition coefficient (Wildman–Crippen LogP) is 6.70. The van der Waals surface area contributed by atoms with Crippen LogP contribution in [-0.2, 0) is 15.3 Å². The van der Waals surface area contributed by atoms with Crippen LogP contribution in [0.4, 0.5) is 18.9 Å². The van der Waals surface area contributed by atoms with Crippen LogP contribution in [0.5, 0.6) is 5.75 Å². The number of thioether (sulfide) groups is 1. The Morgan fingerprint density at radius 3 is 2.27 bits per heavy atom. The monoisotopic (exact) mass is 523 g/mol. The summed E-state index contributed by atoms with van der Waals surface area (Å²) in [6, 6.07) is 4.17. The summed E-state index contributed by atoms with van der Waals surface area (Å²) >= 11 is 7.53. The summed E-state index contributed by atoms with van der Waals surface area (Å²) in [6.45, 7) is 9.39. The van der Waals surface area contributed by atoms with E-state index in [0.717, 1.165) is 23.1 Å². The van der Waals surface area contributed by atoms with Gasteiger partial charge >= 0.3 is 5.51 Å². The van der Waals surface area contributed by atoms with Gasteiger partial charge in [0.1, 0.15) is 5.75 Å². The SMILES string of the molecule is CCCSc1cc(C(C)(C)C)c(O)c(C(=O)Nc2ccc(S(=O)(=O)C(F)(F)F)cc2Cl)c1C. The zero-order valence-electron chi connectivity index (χ0n) is 18.7. The van der Waals surface area contributed by atoms with Gasteiger partial charge in [0.05, 0.1) is 21.2 Å². The third kappa shape index (κ3) is 5.78. The average molecular weight is 524 g/mol. The minimum absolute atomic E-state index is 0.0177. The zero-order chi connectivity index (χ0) is 25.4. The minimum atomic E-state index is -5.59. The molecule has 0 bridgehead atoms. The Balaban J connectivity index is 2.52. The van der Waals surface area contributed by atoms with Crippen LogP contribution in [0.3, 0.4) is 0 Å².